The van der Waals surface area contributed by atoms with Gasteiger partial charge in [-0.1, -0.05) is 6.07 Å². The van der Waals surface area contributed by atoms with E-state index in [0.717, 1.165) is 31.7 Å². The molecule has 0 aliphatic heterocycles. The Balaban J connectivity index is 2.34. The second-order valence-electron chi connectivity index (χ2n) is 4.98. The van der Waals surface area contributed by atoms with Crippen molar-refractivity contribution in [2.24, 2.45) is 0 Å². The number of amides is 1. The van der Waals surface area contributed by atoms with Crippen molar-refractivity contribution in [2.75, 3.05) is 46.1 Å². The number of hydrogen-bond donors (Lipinski definition) is 2. The van der Waals surface area contributed by atoms with Crippen LogP contribution in [0.15, 0.2) is 18.2 Å². The lowest BCUT2D eigenvalue weighted by Crippen LogP contribution is -2.34. The van der Waals surface area contributed by atoms with E-state index >= 15 is 0 Å². The van der Waals surface area contributed by atoms with E-state index in [0.29, 0.717) is 17.8 Å². The highest BCUT2D eigenvalue weighted by Gasteiger charge is 2.09. The number of nitrogens with two attached hydrogens (primary N) is 1. The van der Waals surface area contributed by atoms with E-state index in [2.05, 4.69) is 10.2 Å². The molecule has 0 saturated carbocycles. The molecular formula is C15H25N3O2. The SMILES string of the molecule is COCCCN(C)CCNC(=O)c1cc(N)ccc1C. The number of carbonyl (C=O) groups is 1. The first-order valence-corrected chi connectivity index (χ1v) is 6.86. The van der Waals surface area contributed by atoms with Crippen molar-refractivity contribution in [3.8, 4) is 0 Å². The first kappa shape index (κ1) is 16.5. The molecule has 0 aromatic heterocycles. The number of nitrogen functional groups attached to an aromatic ring is 1. The van der Waals surface area contributed by atoms with Crippen molar-refractivity contribution >= 4 is 11.6 Å². The summed E-state index contributed by atoms with van der Waals surface area (Å²) in [4.78, 5) is 14.2. The summed E-state index contributed by atoms with van der Waals surface area (Å²) in [6, 6.07) is 5.38. The van der Waals surface area contributed by atoms with Gasteiger partial charge in [0, 0.05) is 44.6 Å². The molecule has 0 aliphatic rings. The van der Waals surface area contributed by atoms with Crippen molar-refractivity contribution < 1.29 is 9.53 Å². The third kappa shape index (κ3) is 5.59. The van der Waals surface area contributed by atoms with Gasteiger partial charge in [-0.05, 0) is 38.1 Å². The average Bonchev–Trinajstić information content (AvgIpc) is 2.41. The zero-order valence-electron chi connectivity index (χ0n) is 12.6. The fraction of sp³-hybridized carbons (Fsp3) is 0.533. The summed E-state index contributed by atoms with van der Waals surface area (Å²) in [7, 11) is 3.74. The number of methoxy groups -OCH3 is 1. The Kier molecular flexibility index (Phi) is 7.04. The minimum absolute atomic E-state index is 0.0694. The molecule has 5 nitrogen and oxygen atoms in total. The molecule has 1 amide bonds. The van der Waals surface area contributed by atoms with Crippen LogP contribution in [0.2, 0.25) is 0 Å². The van der Waals surface area contributed by atoms with E-state index in [1.165, 1.54) is 0 Å². The molecule has 0 aliphatic carbocycles. The topological polar surface area (TPSA) is 67.6 Å². The highest BCUT2D eigenvalue weighted by atomic mass is 16.5. The molecule has 112 valence electrons. The van der Waals surface area contributed by atoms with Gasteiger partial charge >= 0.3 is 0 Å². The summed E-state index contributed by atoms with van der Waals surface area (Å²) in [5, 5.41) is 2.92. The van der Waals surface area contributed by atoms with Crippen molar-refractivity contribution in [1.82, 2.24) is 10.2 Å². The normalized spacial score (nSPS) is 10.8. The van der Waals surface area contributed by atoms with Crippen molar-refractivity contribution in [1.29, 1.82) is 0 Å². The van der Waals surface area contributed by atoms with E-state index < -0.39 is 0 Å². The number of rotatable bonds is 8. The Bertz CT molecular complexity index is 435. The van der Waals surface area contributed by atoms with Crippen LogP contribution in [0.1, 0.15) is 22.3 Å². The number of hydrogen-bond acceptors (Lipinski definition) is 4. The third-order valence-electron chi connectivity index (χ3n) is 3.17. The summed E-state index contributed by atoms with van der Waals surface area (Å²) in [5.41, 5.74) is 7.90. The number of nitrogens with one attached hydrogen (secondary N) is 1. The van der Waals surface area contributed by atoms with Gasteiger partial charge in [0.2, 0.25) is 0 Å². The van der Waals surface area contributed by atoms with Gasteiger partial charge in [0.05, 0.1) is 0 Å². The monoisotopic (exact) mass is 279 g/mol. The van der Waals surface area contributed by atoms with Gasteiger partial charge in [0.25, 0.3) is 5.91 Å². The zero-order chi connectivity index (χ0) is 15.0. The first-order valence-electron chi connectivity index (χ1n) is 6.86. The molecule has 0 saturated heterocycles. The second-order valence-corrected chi connectivity index (χ2v) is 4.98. The van der Waals surface area contributed by atoms with Gasteiger partial charge in [0.15, 0.2) is 0 Å². The zero-order valence-corrected chi connectivity index (χ0v) is 12.6. The third-order valence-corrected chi connectivity index (χ3v) is 3.17. The molecule has 0 bridgehead atoms. The number of carbonyl (C=O) groups excluding carboxylic acids is 1. The smallest absolute Gasteiger partial charge is 0.251 e. The maximum absolute atomic E-state index is 12.1. The molecule has 0 atom stereocenters. The number of nitrogens with zero attached hydrogens (tertiary/aromatic N) is 1. The van der Waals surface area contributed by atoms with Crippen LogP contribution in [0.25, 0.3) is 0 Å². The lowest BCUT2D eigenvalue weighted by Gasteiger charge is -2.16. The minimum atomic E-state index is -0.0694. The van der Waals surface area contributed by atoms with E-state index in [1.807, 2.05) is 20.0 Å². The summed E-state index contributed by atoms with van der Waals surface area (Å²) >= 11 is 0. The number of benzene rings is 1. The largest absolute Gasteiger partial charge is 0.399 e. The summed E-state index contributed by atoms with van der Waals surface area (Å²) in [6.07, 6.45) is 0.995. The van der Waals surface area contributed by atoms with Gasteiger partial charge < -0.3 is 20.7 Å². The minimum Gasteiger partial charge on any atom is -0.399 e. The molecule has 1 aromatic rings. The fourth-order valence-corrected chi connectivity index (χ4v) is 1.93. The molecule has 5 heteroatoms. The Morgan fingerprint density at radius 3 is 2.85 bits per heavy atom. The van der Waals surface area contributed by atoms with Crippen LogP contribution in [0.4, 0.5) is 5.69 Å². The number of aryl methyl sites for hydroxylation is 1. The van der Waals surface area contributed by atoms with E-state index in [1.54, 1.807) is 19.2 Å². The molecule has 0 spiro atoms. The van der Waals surface area contributed by atoms with Crippen molar-refractivity contribution in [3.05, 3.63) is 29.3 Å². The molecule has 0 radical (unpaired) electrons. The van der Waals surface area contributed by atoms with Crippen LogP contribution in [-0.4, -0.2) is 51.2 Å². The average molecular weight is 279 g/mol. The molecule has 0 fully saturated rings. The second kappa shape index (κ2) is 8.55. The van der Waals surface area contributed by atoms with E-state index in [9.17, 15) is 4.79 Å². The first-order chi connectivity index (χ1) is 9.54. The Morgan fingerprint density at radius 2 is 2.15 bits per heavy atom. The van der Waals surface area contributed by atoms with Crippen LogP contribution >= 0.6 is 0 Å². The van der Waals surface area contributed by atoms with Crippen LogP contribution in [0.5, 0.6) is 0 Å². The number of anilines is 1. The highest BCUT2D eigenvalue weighted by molar-refractivity contribution is 5.96. The maximum Gasteiger partial charge on any atom is 0.251 e. The maximum atomic E-state index is 12.1. The van der Waals surface area contributed by atoms with E-state index in [4.69, 9.17) is 10.5 Å². The Labute approximate surface area is 121 Å². The predicted molar refractivity (Wildman–Crippen MR) is 81.9 cm³/mol. The Morgan fingerprint density at radius 1 is 1.40 bits per heavy atom. The Hall–Kier alpha value is -1.59. The molecule has 0 heterocycles. The predicted octanol–water partition coefficient (Wildman–Crippen LogP) is 1.28. The fourth-order valence-electron chi connectivity index (χ4n) is 1.93. The molecular weight excluding hydrogens is 254 g/mol. The van der Waals surface area contributed by atoms with Crippen molar-refractivity contribution in [3.63, 3.8) is 0 Å². The number of likely N-dealkylation sites (N-methyl/N-ethyl adjacent to an activating group) is 1. The van der Waals surface area contributed by atoms with Gasteiger partial charge in [0.1, 0.15) is 0 Å². The van der Waals surface area contributed by atoms with Crippen molar-refractivity contribution in [2.45, 2.75) is 13.3 Å². The quantitative estimate of drug-likeness (QED) is 0.555. The summed E-state index contributed by atoms with van der Waals surface area (Å²) < 4.78 is 5.01. The van der Waals surface area contributed by atoms with E-state index in [-0.39, 0.29) is 5.91 Å². The lowest BCUT2D eigenvalue weighted by molar-refractivity contribution is 0.0948. The van der Waals surface area contributed by atoms with Crippen LogP contribution in [0, 0.1) is 6.92 Å². The molecule has 1 aromatic carbocycles. The molecule has 20 heavy (non-hydrogen) atoms. The van der Waals surface area contributed by atoms with Gasteiger partial charge in [-0.2, -0.15) is 0 Å². The van der Waals surface area contributed by atoms with Gasteiger partial charge in [-0.15, -0.1) is 0 Å². The van der Waals surface area contributed by atoms with Crippen LogP contribution in [-0.2, 0) is 4.74 Å². The number of ether oxygens (including phenoxy) is 1. The standard InChI is InChI=1S/C15H25N3O2/c1-12-5-6-13(16)11-14(12)15(19)17-7-9-18(2)8-4-10-20-3/h5-6,11H,4,7-10,16H2,1-3H3,(H,17,19). The summed E-state index contributed by atoms with van der Waals surface area (Å²) in [5.74, 6) is -0.0694. The lowest BCUT2D eigenvalue weighted by atomic mass is 10.1. The highest BCUT2D eigenvalue weighted by Crippen LogP contribution is 2.12. The molecule has 1 rings (SSSR count). The molecule has 0 unspecified atom stereocenters. The van der Waals surface area contributed by atoms with Gasteiger partial charge in [-0.3, -0.25) is 4.79 Å². The molecule has 3 N–H and O–H groups in total. The van der Waals surface area contributed by atoms with Gasteiger partial charge in [-0.25, -0.2) is 0 Å². The van der Waals surface area contributed by atoms with Crippen LogP contribution < -0.4 is 11.1 Å². The summed E-state index contributed by atoms with van der Waals surface area (Å²) in [6.45, 7) is 5.07. The van der Waals surface area contributed by atoms with Crippen LogP contribution in [0.3, 0.4) is 0 Å².